The molecule has 0 bridgehead atoms. The molecule has 0 atom stereocenters. The molecule has 2 N–H and O–H groups in total. The number of rotatable bonds is 3. The van der Waals surface area contributed by atoms with Gasteiger partial charge < -0.3 is 15.2 Å². The lowest BCUT2D eigenvalue weighted by molar-refractivity contribution is 0.280. The van der Waals surface area contributed by atoms with Crippen molar-refractivity contribution < 1.29 is 10.2 Å². The van der Waals surface area contributed by atoms with E-state index in [1.54, 1.807) is 26.0 Å². The van der Waals surface area contributed by atoms with Crippen LogP contribution in [0.5, 0.6) is 5.75 Å². The Balaban J connectivity index is 3.18. The second-order valence-electron chi connectivity index (χ2n) is 3.38. The van der Waals surface area contributed by atoms with E-state index in [-0.39, 0.29) is 12.4 Å². The van der Waals surface area contributed by atoms with E-state index >= 15 is 0 Å². The number of aliphatic hydroxyl groups excluding tert-OH is 1. The van der Waals surface area contributed by atoms with Crippen LogP contribution in [-0.4, -0.2) is 40.5 Å². The number of aliphatic hydroxyl groups is 1. The van der Waals surface area contributed by atoms with Crippen molar-refractivity contribution in [1.82, 2.24) is 9.99 Å². The predicted molar refractivity (Wildman–Crippen MR) is 57.8 cm³/mol. The third kappa shape index (κ3) is 2.66. The summed E-state index contributed by atoms with van der Waals surface area (Å²) < 4.78 is 0. The first kappa shape index (κ1) is 11.5. The first-order valence-electron chi connectivity index (χ1n) is 4.56. The predicted octanol–water partition coefficient (Wildman–Crippen LogP) is 0.483. The molecule has 1 rings (SSSR count). The Hall–Kier alpha value is -1.62. The second kappa shape index (κ2) is 4.75. The molecule has 5 heteroatoms. The average Bonchev–Trinajstić information content (AvgIpc) is 2.20. The quantitative estimate of drug-likeness (QED) is 0.561. The molecule has 0 aliphatic rings. The number of pyridine rings is 1. The highest BCUT2D eigenvalue weighted by atomic mass is 16.3. The molecule has 82 valence electrons. The van der Waals surface area contributed by atoms with Crippen molar-refractivity contribution in [3.05, 3.63) is 23.0 Å². The highest BCUT2D eigenvalue weighted by Crippen LogP contribution is 2.21. The van der Waals surface area contributed by atoms with Crippen LogP contribution in [-0.2, 0) is 6.61 Å². The molecular formula is C10H15N3O2. The van der Waals surface area contributed by atoms with Gasteiger partial charge in [-0.15, -0.1) is 0 Å². The van der Waals surface area contributed by atoms with Gasteiger partial charge in [-0.05, 0) is 6.92 Å². The van der Waals surface area contributed by atoms with E-state index in [0.717, 1.165) is 0 Å². The monoisotopic (exact) mass is 209 g/mol. The molecule has 15 heavy (non-hydrogen) atoms. The second-order valence-corrected chi connectivity index (χ2v) is 3.38. The highest BCUT2D eigenvalue weighted by molar-refractivity contribution is 5.85. The van der Waals surface area contributed by atoms with Crippen LogP contribution in [0.3, 0.4) is 0 Å². The maximum atomic E-state index is 9.74. The van der Waals surface area contributed by atoms with E-state index in [0.29, 0.717) is 16.8 Å². The molecule has 0 amide bonds. The van der Waals surface area contributed by atoms with Gasteiger partial charge in [0, 0.05) is 31.4 Å². The van der Waals surface area contributed by atoms with E-state index < -0.39 is 0 Å². The van der Waals surface area contributed by atoms with Gasteiger partial charge in [0.15, 0.2) is 0 Å². The van der Waals surface area contributed by atoms with Crippen molar-refractivity contribution in [3.63, 3.8) is 0 Å². The van der Waals surface area contributed by atoms with Crippen LogP contribution in [0, 0.1) is 6.92 Å². The lowest BCUT2D eigenvalue weighted by Crippen LogP contribution is -2.04. The van der Waals surface area contributed by atoms with Crippen LogP contribution >= 0.6 is 0 Å². The van der Waals surface area contributed by atoms with Crippen molar-refractivity contribution >= 4 is 6.21 Å². The molecule has 5 nitrogen and oxygen atoms in total. The zero-order valence-electron chi connectivity index (χ0n) is 9.10. The Bertz CT molecular complexity index is 375. The van der Waals surface area contributed by atoms with Crippen molar-refractivity contribution in [2.24, 2.45) is 5.10 Å². The van der Waals surface area contributed by atoms with E-state index in [4.69, 9.17) is 5.11 Å². The third-order valence-corrected chi connectivity index (χ3v) is 1.95. The summed E-state index contributed by atoms with van der Waals surface area (Å²) >= 11 is 0. The van der Waals surface area contributed by atoms with Crippen molar-refractivity contribution in [2.45, 2.75) is 13.5 Å². The maximum Gasteiger partial charge on any atom is 0.145 e. The molecule has 0 radical (unpaired) electrons. The van der Waals surface area contributed by atoms with E-state index in [9.17, 15) is 5.11 Å². The van der Waals surface area contributed by atoms with Crippen LogP contribution < -0.4 is 0 Å². The Kier molecular flexibility index (Phi) is 3.62. The Morgan fingerprint density at radius 2 is 2.20 bits per heavy atom. The lowest BCUT2D eigenvalue weighted by Gasteiger charge is -2.08. The van der Waals surface area contributed by atoms with Crippen LogP contribution in [0.4, 0.5) is 0 Å². The summed E-state index contributed by atoms with van der Waals surface area (Å²) in [5.41, 5.74) is 1.59. The van der Waals surface area contributed by atoms with Gasteiger partial charge in [0.05, 0.1) is 18.5 Å². The van der Waals surface area contributed by atoms with Gasteiger partial charge >= 0.3 is 0 Å². The van der Waals surface area contributed by atoms with Crippen LogP contribution in [0.1, 0.15) is 16.8 Å². The number of aromatic nitrogens is 1. The largest absolute Gasteiger partial charge is 0.505 e. The van der Waals surface area contributed by atoms with Gasteiger partial charge in [-0.2, -0.15) is 5.10 Å². The molecule has 0 saturated carbocycles. The average molecular weight is 209 g/mol. The molecule has 0 aliphatic heterocycles. The first-order chi connectivity index (χ1) is 7.06. The molecule has 0 fully saturated rings. The zero-order chi connectivity index (χ0) is 11.4. The van der Waals surface area contributed by atoms with Crippen molar-refractivity contribution in [3.8, 4) is 5.75 Å². The molecule has 1 heterocycles. The number of hydrazone groups is 1. The number of hydrogen-bond donors (Lipinski definition) is 2. The summed E-state index contributed by atoms with van der Waals surface area (Å²) in [4.78, 5) is 3.95. The zero-order valence-corrected chi connectivity index (χ0v) is 9.10. The smallest absolute Gasteiger partial charge is 0.145 e. The summed E-state index contributed by atoms with van der Waals surface area (Å²) in [6.45, 7) is 1.53. The Morgan fingerprint density at radius 3 is 2.73 bits per heavy atom. The Labute approximate surface area is 88.7 Å². The number of nitrogens with zero attached hydrogens (tertiary/aromatic N) is 3. The fraction of sp³-hybridized carbons (Fsp3) is 0.400. The van der Waals surface area contributed by atoms with Gasteiger partial charge in [-0.25, -0.2) is 0 Å². The number of aryl methyl sites for hydroxylation is 1. The summed E-state index contributed by atoms with van der Waals surface area (Å²) in [5.74, 6) is 0.0622. The molecular weight excluding hydrogens is 194 g/mol. The van der Waals surface area contributed by atoms with Crippen LogP contribution in [0.2, 0.25) is 0 Å². The topological polar surface area (TPSA) is 69.0 Å². The van der Waals surface area contributed by atoms with Gasteiger partial charge in [0.1, 0.15) is 5.75 Å². The lowest BCUT2D eigenvalue weighted by atomic mass is 10.1. The highest BCUT2D eigenvalue weighted by Gasteiger charge is 2.08. The molecule has 0 unspecified atom stereocenters. The van der Waals surface area contributed by atoms with Crippen LogP contribution in [0.15, 0.2) is 11.3 Å². The molecule has 0 aromatic carbocycles. The van der Waals surface area contributed by atoms with Gasteiger partial charge in [0.25, 0.3) is 0 Å². The van der Waals surface area contributed by atoms with E-state index in [1.807, 2.05) is 0 Å². The first-order valence-corrected chi connectivity index (χ1v) is 4.56. The molecule has 1 aromatic rings. The normalized spacial score (nSPS) is 10.9. The molecule has 0 saturated heterocycles. The van der Waals surface area contributed by atoms with Crippen molar-refractivity contribution in [1.29, 1.82) is 0 Å². The minimum Gasteiger partial charge on any atom is -0.505 e. The standard InChI is InChI=1S/C10H15N3O2/c1-7-10(15)9(5-12-13(2)3)8(6-14)4-11-7/h4-5,14-15H,6H2,1-3H3. The van der Waals surface area contributed by atoms with E-state index in [1.165, 1.54) is 12.4 Å². The van der Waals surface area contributed by atoms with Gasteiger partial charge in [-0.1, -0.05) is 0 Å². The maximum absolute atomic E-state index is 9.74. The van der Waals surface area contributed by atoms with E-state index in [2.05, 4.69) is 10.1 Å². The Morgan fingerprint density at radius 1 is 1.53 bits per heavy atom. The number of aromatic hydroxyl groups is 1. The summed E-state index contributed by atoms with van der Waals surface area (Å²) in [6.07, 6.45) is 3.04. The summed E-state index contributed by atoms with van der Waals surface area (Å²) in [7, 11) is 3.56. The van der Waals surface area contributed by atoms with Crippen molar-refractivity contribution in [2.75, 3.05) is 14.1 Å². The number of hydrogen-bond acceptors (Lipinski definition) is 5. The fourth-order valence-electron chi connectivity index (χ4n) is 1.10. The minimum absolute atomic E-state index is 0.0622. The molecule has 0 spiro atoms. The molecule has 1 aromatic heterocycles. The van der Waals surface area contributed by atoms with Gasteiger partial charge in [-0.3, -0.25) is 4.98 Å². The summed E-state index contributed by atoms with van der Waals surface area (Å²) in [6, 6.07) is 0. The molecule has 0 aliphatic carbocycles. The van der Waals surface area contributed by atoms with Gasteiger partial charge in [0.2, 0.25) is 0 Å². The van der Waals surface area contributed by atoms with Crippen LogP contribution in [0.25, 0.3) is 0 Å². The minimum atomic E-state index is -0.171. The SMILES string of the molecule is Cc1ncc(CO)c(C=NN(C)C)c1O. The third-order valence-electron chi connectivity index (χ3n) is 1.95. The fourth-order valence-corrected chi connectivity index (χ4v) is 1.10. The summed E-state index contributed by atoms with van der Waals surface area (Å²) in [5, 5.41) is 24.4.